The first-order valence-corrected chi connectivity index (χ1v) is 11.2. The fourth-order valence-corrected chi connectivity index (χ4v) is 4.28. The van der Waals surface area contributed by atoms with E-state index in [1.54, 1.807) is 0 Å². The van der Waals surface area contributed by atoms with Gasteiger partial charge < -0.3 is 14.3 Å². The van der Waals surface area contributed by atoms with E-state index in [9.17, 15) is 4.79 Å². The predicted octanol–water partition coefficient (Wildman–Crippen LogP) is 3.84. The number of hydrogen-bond acceptors (Lipinski definition) is 5. The minimum Gasteiger partial charge on any atom is -0.460 e. The first kappa shape index (κ1) is 20.3. The highest BCUT2D eigenvalue weighted by Crippen LogP contribution is 2.30. The molecule has 7 nitrogen and oxygen atoms in total. The highest BCUT2D eigenvalue weighted by Gasteiger charge is 2.31. The lowest BCUT2D eigenvalue weighted by molar-refractivity contribution is -0.123. The lowest BCUT2D eigenvalue weighted by atomic mass is 10.2. The summed E-state index contributed by atoms with van der Waals surface area (Å²) in [5, 5.41) is 12.6. The Morgan fingerprint density at radius 3 is 2.90 bits per heavy atom. The number of amides is 1. The second-order valence-corrected chi connectivity index (χ2v) is 8.87. The summed E-state index contributed by atoms with van der Waals surface area (Å²) in [6.45, 7) is 5.27. The van der Waals surface area contributed by atoms with Gasteiger partial charge in [0.25, 0.3) is 0 Å². The van der Waals surface area contributed by atoms with E-state index in [-0.39, 0.29) is 17.9 Å². The number of nitrogens with one attached hydrogen (secondary N) is 1. The fraction of sp³-hybridized carbons (Fsp3) is 0.435. The molecule has 1 amide bonds. The van der Waals surface area contributed by atoms with Gasteiger partial charge in [-0.2, -0.15) is 0 Å². The molecule has 1 aliphatic heterocycles. The van der Waals surface area contributed by atoms with Crippen molar-refractivity contribution in [2.24, 2.45) is 5.92 Å². The first-order valence-electron chi connectivity index (χ1n) is 10.9. The minimum absolute atomic E-state index is 0.133. The second kappa shape index (κ2) is 8.48. The summed E-state index contributed by atoms with van der Waals surface area (Å²) in [7, 11) is 0. The number of carbonyl (C=O) groups is 1. The molecule has 0 unspecified atom stereocenters. The van der Waals surface area contributed by atoms with Crippen LogP contribution in [-0.2, 0) is 24.3 Å². The van der Waals surface area contributed by atoms with Gasteiger partial charge >= 0.3 is 0 Å². The van der Waals surface area contributed by atoms with Gasteiger partial charge in [0.1, 0.15) is 17.3 Å². The number of fused-ring (bicyclic) bond motifs is 1. The number of nitrogens with zero attached hydrogens (tertiary/aromatic N) is 4. The standard InChI is InChI=1S/C23H26ClN5O2/c1-15(25-23(30)16-5-6-16)22-27-26-21-9-10-28(11-12-29(21)22)14-19-7-8-20(31-19)17-3-2-4-18(24)13-17/h2-4,7-8,13,15-16H,5-6,9-12,14H2,1H3,(H,25,30)/t15-/m1/s1. The molecule has 2 aliphatic rings. The zero-order chi connectivity index (χ0) is 21.4. The maximum atomic E-state index is 12.1. The molecule has 0 radical (unpaired) electrons. The fourth-order valence-electron chi connectivity index (χ4n) is 4.09. The van der Waals surface area contributed by atoms with Crippen LogP contribution in [0.2, 0.25) is 5.02 Å². The van der Waals surface area contributed by atoms with Gasteiger partial charge in [-0.05, 0) is 44.0 Å². The Balaban J connectivity index is 1.23. The van der Waals surface area contributed by atoms with Crippen molar-refractivity contribution in [3.8, 4) is 11.3 Å². The summed E-state index contributed by atoms with van der Waals surface area (Å²) >= 11 is 6.10. The molecule has 1 fully saturated rings. The first-order chi connectivity index (χ1) is 15.1. The Morgan fingerprint density at radius 2 is 2.10 bits per heavy atom. The summed E-state index contributed by atoms with van der Waals surface area (Å²) in [5.41, 5.74) is 0.979. The van der Waals surface area contributed by atoms with Gasteiger partial charge in [0.2, 0.25) is 5.91 Å². The molecule has 3 aromatic rings. The van der Waals surface area contributed by atoms with Gasteiger partial charge in [-0.25, -0.2) is 0 Å². The van der Waals surface area contributed by atoms with Gasteiger partial charge in [0.05, 0.1) is 12.6 Å². The molecule has 1 saturated carbocycles. The van der Waals surface area contributed by atoms with E-state index < -0.39 is 0 Å². The number of hydrogen-bond donors (Lipinski definition) is 1. The molecule has 31 heavy (non-hydrogen) atoms. The van der Waals surface area contributed by atoms with Crippen molar-refractivity contribution in [1.29, 1.82) is 0 Å². The average molecular weight is 440 g/mol. The normalized spacial score (nSPS) is 17.7. The molecule has 8 heteroatoms. The third-order valence-electron chi connectivity index (χ3n) is 5.99. The van der Waals surface area contributed by atoms with Crippen molar-refractivity contribution in [2.75, 3.05) is 13.1 Å². The summed E-state index contributed by atoms with van der Waals surface area (Å²) < 4.78 is 8.24. The molecule has 0 spiro atoms. The van der Waals surface area contributed by atoms with Gasteiger partial charge in [0.15, 0.2) is 5.82 Å². The summed E-state index contributed by atoms with van der Waals surface area (Å²) in [4.78, 5) is 14.5. The summed E-state index contributed by atoms with van der Waals surface area (Å²) in [6.07, 6.45) is 2.81. The maximum absolute atomic E-state index is 12.1. The van der Waals surface area contributed by atoms with E-state index in [1.807, 2.05) is 43.3 Å². The van der Waals surface area contributed by atoms with Crippen LogP contribution in [0.3, 0.4) is 0 Å². The molecule has 1 aliphatic carbocycles. The van der Waals surface area contributed by atoms with Crippen LogP contribution in [0.4, 0.5) is 0 Å². The van der Waals surface area contributed by atoms with Crippen LogP contribution in [-0.4, -0.2) is 38.7 Å². The number of rotatable bonds is 6. The van der Waals surface area contributed by atoms with Gasteiger partial charge in [0, 0.05) is 42.6 Å². The lowest BCUT2D eigenvalue weighted by Gasteiger charge is -2.19. The Morgan fingerprint density at radius 1 is 1.23 bits per heavy atom. The van der Waals surface area contributed by atoms with Crippen LogP contribution in [0.5, 0.6) is 0 Å². The molecule has 1 aromatic carbocycles. The van der Waals surface area contributed by atoms with Crippen molar-refractivity contribution in [1.82, 2.24) is 25.0 Å². The second-order valence-electron chi connectivity index (χ2n) is 8.43. The molecule has 3 heterocycles. The lowest BCUT2D eigenvalue weighted by Crippen LogP contribution is -2.31. The monoisotopic (exact) mass is 439 g/mol. The van der Waals surface area contributed by atoms with Gasteiger partial charge in [-0.3, -0.25) is 9.69 Å². The van der Waals surface area contributed by atoms with Crippen LogP contribution in [0.25, 0.3) is 11.3 Å². The predicted molar refractivity (Wildman–Crippen MR) is 117 cm³/mol. The minimum atomic E-state index is -0.133. The van der Waals surface area contributed by atoms with Crippen molar-refractivity contribution in [3.63, 3.8) is 0 Å². The number of furan rings is 1. The summed E-state index contributed by atoms with van der Waals surface area (Å²) in [6, 6.07) is 11.6. The van der Waals surface area contributed by atoms with Crippen LogP contribution >= 0.6 is 11.6 Å². The molecule has 1 N–H and O–H groups in total. The Kier molecular flexibility index (Phi) is 5.54. The zero-order valence-electron chi connectivity index (χ0n) is 17.6. The van der Waals surface area contributed by atoms with Crippen molar-refractivity contribution in [3.05, 3.63) is 58.8 Å². The van der Waals surface area contributed by atoms with Crippen LogP contribution in [0, 0.1) is 5.92 Å². The molecule has 5 rings (SSSR count). The van der Waals surface area contributed by atoms with Gasteiger partial charge in [-0.15, -0.1) is 10.2 Å². The highest BCUT2D eigenvalue weighted by molar-refractivity contribution is 6.30. The highest BCUT2D eigenvalue weighted by atomic mass is 35.5. The van der Waals surface area contributed by atoms with Crippen LogP contribution in [0.1, 0.15) is 43.2 Å². The number of halogens is 1. The Labute approximate surface area is 186 Å². The van der Waals surface area contributed by atoms with E-state index in [2.05, 4.69) is 25.0 Å². The smallest absolute Gasteiger partial charge is 0.223 e. The van der Waals surface area contributed by atoms with Crippen LogP contribution < -0.4 is 5.32 Å². The third kappa shape index (κ3) is 4.52. The number of aromatic nitrogens is 3. The molecule has 0 saturated heterocycles. The number of carbonyl (C=O) groups excluding carboxylic acids is 1. The maximum Gasteiger partial charge on any atom is 0.223 e. The van der Waals surface area contributed by atoms with Gasteiger partial charge in [-0.1, -0.05) is 23.7 Å². The van der Waals surface area contributed by atoms with Crippen molar-refractivity contribution < 1.29 is 9.21 Å². The zero-order valence-corrected chi connectivity index (χ0v) is 18.3. The molecule has 2 aromatic heterocycles. The topological polar surface area (TPSA) is 76.2 Å². The third-order valence-corrected chi connectivity index (χ3v) is 6.23. The quantitative estimate of drug-likeness (QED) is 0.631. The molecule has 1 atom stereocenters. The van der Waals surface area contributed by atoms with E-state index >= 15 is 0 Å². The molecular formula is C23H26ClN5O2. The molecular weight excluding hydrogens is 414 g/mol. The van der Waals surface area contributed by atoms with E-state index in [0.29, 0.717) is 5.02 Å². The summed E-state index contributed by atoms with van der Waals surface area (Å²) in [5.74, 6) is 3.89. The van der Waals surface area contributed by atoms with E-state index in [1.165, 1.54) is 0 Å². The van der Waals surface area contributed by atoms with E-state index in [4.69, 9.17) is 16.0 Å². The SMILES string of the molecule is C[C@@H](NC(=O)C1CC1)c1nnc2n1CCN(Cc1ccc(-c3cccc(Cl)c3)o1)CC2. The number of benzene rings is 1. The largest absolute Gasteiger partial charge is 0.460 e. The van der Waals surface area contributed by atoms with Crippen molar-refractivity contribution >= 4 is 17.5 Å². The Bertz CT molecular complexity index is 1090. The molecule has 0 bridgehead atoms. The van der Waals surface area contributed by atoms with Crippen LogP contribution in [0.15, 0.2) is 40.8 Å². The molecule has 162 valence electrons. The Hall–Kier alpha value is -2.64. The van der Waals surface area contributed by atoms with Crippen molar-refractivity contribution in [2.45, 2.75) is 45.3 Å². The van der Waals surface area contributed by atoms with E-state index in [0.717, 1.165) is 74.2 Å². The average Bonchev–Trinajstić information content (AvgIpc) is 3.43.